The van der Waals surface area contributed by atoms with E-state index in [9.17, 15) is 14.4 Å². The molecule has 132 valence electrons. The van der Waals surface area contributed by atoms with E-state index in [0.29, 0.717) is 29.3 Å². The average Bonchev–Trinajstić information content (AvgIpc) is 3.04. The van der Waals surface area contributed by atoms with Gasteiger partial charge in [-0.25, -0.2) is 9.78 Å². The Labute approximate surface area is 148 Å². The molecule has 7 nitrogen and oxygen atoms in total. The van der Waals surface area contributed by atoms with Crippen molar-refractivity contribution >= 4 is 29.0 Å². The van der Waals surface area contributed by atoms with Gasteiger partial charge in [-0.3, -0.25) is 9.59 Å². The normalized spacial score (nSPS) is 11.6. The lowest BCUT2D eigenvalue weighted by molar-refractivity contribution is -0.127. The highest BCUT2D eigenvalue weighted by Crippen LogP contribution is 2.15. The van der Waals surface area contributed by atoms with Crippen LogP contribution in [0.15, 0.2) is 29.6 Å². The molecule has 1 amide bonds. The first-order valence-electron chi connectivity index (χ1n) is 7.60. The van der Waals surface area contributed by atoms with Crippen molar-refractivity contribution in [1.82, 2.24) is 10.3 Å². The summed E-state index contributed by atoms with van der Waals surface area (Å²) in [6.45, 7) is 3.40. The summed E-state index contributed by atoms with van der Waals surface area (Å²) < 4.78 is 5.55. The predicted molar refractivity (Wildman–Crippen MR) is 92.3 cm³/mol. The summed E-state index contributed by atoms with van der Waals surface area (Å²) in [5.41, 5.74) is 0.525. The number of hydrogen-bond acceptors (Lipinski definition) is 6. The summed E-state index contributed by atoms with van der Waals surface area (Å²) in [7, 11) is 0. The Bertz CT molecular complexity index is 787. The second kappa shape index (κ2) is 8.39. The maximum atomic E-state index is 12.1. The van der Waals surface area contributed by atoms with Crippen molar-refractivity contribution in [3.63, 3.8) is 0 Å². The van der Waals surface area contributed by atoms with Crippen LogP contribution < -0.4 is 10.1 Å². The van der Waals surface area contributed by atoms with Crippen molar-refractivity contribution in [2.75, 3.05) is 6.54 Å². The number of carboxylic acids is 1. The molecule has 1 unspecified atom stereocenters. The summed E-state index contributed by atoms with van der Waals surface area (Å²) in [6, 6.07) is 6.65. The molecule has 0 aliphatic carbocycles. The van der Waals surface area contributed by atoms with Gasteiger partial charge in [0.1, 0.15) is 5.75 Å². The molecule has 0 fully saturated rings. The molecule has 0 aliphatic rings. The SMILES string of the molecule is CC(=O)c1cccc(OC(C)C(=O)NCCc2nc(C(=O)O)cs2)c1. The molecule has 8 heteroatoms. The molecule has 0 aliphatic heterocycles. The summed E-state index contributed by atoms with van der Waals surface area (Å²) in [4.78, 5) is 38.1. The number of rotatable bonds is 8. The van der Waals surface area contributed by atoms with E-state index in [1.54, 1.807) is 31.2 Å². The average molecular weight is 362 g/mol. The molecular formula is C17H18N2O5S. The smallest absolute Gasteiger partial charge is 0.355 e. The first-order chi connectivity index (χ1) is 11.9. The Morgan fingerprint density at radius 1 is 1.36 bits per heavy atom. The van der Waals surface area contributed by atoms with Gasteiger partial charge >= 0.3 is 5.97 Å². The molecule has 1 aromatic heterocycles. The fourth-order valence-electron chi connectivity index (χ4n) is 2.01. The van der Waals surface area contributed by atoms with E-state index < -0.39 is 12.1 Å². The number of hydrogen-bond donors (Lipinski definition) is 2. The third-order valence-corrected chi connectivity index (χ3v) is 4.24. The second-order valence-corrected chi connectivity index (χ2v) is 6.26. The molecular weight excluding hydrogens is 344 g/mol. The first kappa shape index (κ1) is 18.6. The van der Waals surface area contributed by atoms with Crippen molar-refractivity contribution in [2.45, 2.75) is 26.4 Å². The molecule has 2 aromatic rings. The highest BCUT2D eigenvalue weighted by Gasteiger charge is 2.15. The summed E-state index contributed by atoms with van der Waals surface area (Å²) >= 11 is 1.24. The lowest BCUT2D eigenvalue weighted by Crippen LogP contribution is -2.37. The lowest BCUT2D eigenvalue weighted by atomic mass is 10.1. The number of carbonyl (C=O) groups excluding carboxylic acids is 2. The van der Waals surface area contributed by atoms with Crippen LogP contribution in [0.5, 0.6) is 5.75 Å². The van der Waals surface area contributed by atoms with E-state index in [2.05, 4.69) is 10.3 Å². The molecule has 2 rings (SSSR count). The van der Waals surface area contributed by atoms with Crippen LogP contribution >= 0.6 is 11.3 Å². The third kappa shape index (κ3) is 5.39. The van der Waals surface area contributed by atoms with Crippen LogP contribution in [0, 0.1) is 0 Å². The highest BCUT2D eigenvalue weighted by atomic mass is 32.1. The minimum Gasteiger partial charge on any atom is -0.481 e. The van der Waals surface area contributed by atoms with E-state index in [4.69, 9.17) is 9.84 Å². The number of carboxylic acid groups (broad SMARTS) is 1. The van der Waals surface area contributed by atoms with Crippen molar-refractivity contribution < 1.29 is 24.2 Å². The van der Waals surface area contributed by atoms with E-state index in [-0.39, 0.29) is 17.4 Å². The lowest BCUT2D eigenvalue weighted by Gasteiger charge is -2.15. The number of ether oxygens (including phenoxy) is 1. The molecule has 1 aromatic carbocycles. The van der Waals surface area contributed by atoms with Gasteiger partial charge in [0.15, 0.2) is 17.6 Å². The number of aromatic nitrogens is 1. The number of ketones is 1. The van der Waals surface area contributed by atoms with Crippen molar-refractivity contribution in [3.05, 3.63) is 45.9 Å². The monoisotopic (exact) mass is 362 g/mol. The zero-order chi connectivity index (χ0) is 18.4. The number of carbonyl (C=O) groups is 3. The van der Waals surface area contributed by atoms with Gasteiger partial charge in [0, 0.05) is 23.9 Å². The standard InChI is InChI=1S/C17H18N2O5S/c1-10(20)12-4-3-5-13(8-12)24-11(2)16(21)18-7-6-15-19-14(9-25-15)17(22)23/h3-5,8-9,11H,6-7H2,1-2H3,(H,18,21)(H,22,23). The molecule has 1 atom stereocenters. The van der Waals surface area contributed by atoms with Gasteiger partial charge in [-0.1, -0.05) is 12.1 Å². The van der Waals surface area contributed by atoms with Gasteiger partial charge in [-0.2, -0.15) is 0 Å². The van der Waals surface area contributed by atoms with Gasteiger partial charge in [0.25, 0.3) is 5.91 Å². The number of nitrogens with one attached hydrogen (secondary N) is 1. The maximum Gasteiger partial charge on any atom is 0.355 e. The van der Waals surface area contributed by atoms with E-state index in [1.807, 2.05) is 0 Å². The van der Waals surface area contributed by atoms with Crippen LogP contribution in [0.3, 0.4) is 0 Å². The number of nitrogens with zero attached hydrogens (tertiary/aromatic N) is 1. The molecule has 0 saturated carbocycles. The van der Waals surface area contributed by atoms with Crippen LogP contribution in [0.4, 0.5) is 0 Å². The maximum absolute atomic E-state index is 12.1. The summed E-state index contributed by atoms with van der Waals surface area (Å²) in [6.07, 6.45) is -0.288. The zero-order valence-corrected chi connectivity index (χ0v) is 14.6. The fraction of sp³-hybridized carbons (Fsp3) is 0.294. The van der Waals surface area contributed by atoms with Crippen LogP contribution in [0.2, 0.25) is 0 Å². The van der Waals surface area contributed by atoms with Crippen molar-refractivity contribution in [1.29, 1.82) is 0 Å². The number of Topliss-reactive ketones (excluding diaryl/α,β-unsaturated/α-hetero) is 1. The van der Waals surface area contributed by atoms with E-state index in [0.717, 1.165) is 0 Å². The number of benzene rings is 1. The van der Waals surface area contributed by atoms with Crippen molar-refractivity contribution in [3.8, 4) is 5.75 Å². The number of aromatic carboxylic acids is 1. The van der Waals surface area contributed by atoms with Gasteiger partial charge in [0.2, 0.25) is 0 Å². The van der Waals surface area contributed by atoms with Crippen LogP contribution in [-0.2, 0) is 11.2 Å². The molecule has 25 heavy (non-hydrogen) atoms. The minimum absolute atomic E-state index is 0.00776. The third-order valence-electron chi connectivity index (χ3n) is 3.33. The molecule has 0 saturated heterocycles. The van der Waals surface area contributed by atoms with Crippen LogP contribution in [0.25, 0.3) is 0 Å². The minimum atomic E-state index is -1.07. The van der Waals surface area contributed by atoms with Gasteiger partial charge in [0.05, 0.1) is 5.01 Å². The largest absolute Gasteiger partial charge is 0.481 e. The summed E-state index contributed by atoms with van der Waals surface area (Å²) in [5.74, 6) is -1.00. The molecule has 0 bridgehead atoms. The quantitative estimate of drug-likeness (QED) is 0.697. The Kier molecular flexibility index (Phi) is 6.24. The van der Waals surface area contributed by atoms with E-state index in [1.165, 1.54) is 23.6 Å². The number of amides is 1. The molecule has 0 radical (unpaired) electrons. The summed E-state index contributed by atoms with van der Waals surface area (Å²) in [5, 5.41) is 13.6. The Balaban J connectivity index is 1.82. The Hall–Kier alpha value is -2.74. The highest BCUT2D eigenvalue weighted by molar-refractivity contribution is 7.09. The van der Waals surface area contributed by atoms with Gasteiger partial charge < -0.3 is 15.2 Å². The van der Waals surface area contributed by atoms with Crippen LogP contribution in [0.1, 0.15) is 39.7 Å². The topological polar surface area (TPSA) is 106 Å². The van der Waals surface area contributed by atoms with Crippen LogP contribution in [-0.4, -0.2) is 40.4 Å². The van der Waals surface area contributed by atoms with E-state index >= 15 is 0 Å². The zero-order valence-electron chi connectivity index (χ0n) is 13.8. The molecule has 1 heterocycles. The Morgan fingerprint density at radius 3 is 2.76 bits per heavy atom. The molecule has 0 spiro atoms. The first-order valence-corrected chi connectivity index (χ1v) is 8.48. The van der Waals surface area contributed by atoms with Crippen molar-refractivity contribution in [2.24, 2.45) is 0 Å². The number of thiazole rings is 1. The van der Waals surface area contributed by atoms with Gasteiger partial charge in [-0.05, 0) is 26.0 Å². The second-order valence-electron chi connectivity index (χ2n) is 5.32. The predicted octanol–water partition coefficient (Wildman–Crippen LogP) is 2.17. The fourth-order valence-corrected chi connectivity index (χ4v) is 2.78. The van der Waals surface area contributed by atoms with Gasteiger partial charge in [-0.15, -0.1) is 11.3 Å². The Morgan fingerprint density at radius 2 is 2.12 bits per heavy atom. The molecule has 2 N–H and O–H groups in total.